The summed E-state index contributed by atoms with van der Waals surface area (Å²) in [7, 11) is 0. The van der Waals surface area contributed by atoms with Crippen molar-refractivity contribution >= 4 is 28.3 Å². The maximum Gasteiger partial charge on any atom is 0.161 e. The molecule has 0 amide bonds. The maximum atomic E-state index is 8.40. The van der Waals surface area contributed by atoms with Crippen LogP contribution < -0.4 is 5.32 Å². The van der Waals surface area contributed by atoms with Crippen LogP contribution in [0.4, 0.5) is 11.4 Å². The standard InChI is InChI=1S/C16H17N5S/c1-12(13-6-4-3-5-7-13)18-16(22-2)19-14-8-10-15(11-9-14)20-21-17/h3-12H,1-2H3,(H,18,19)/t12-/m0/s1. The van der Waals surface area contributed by atoms with Crippen molar-refractivity contribution in [3.63, 3.8) is 0 Å². The van der Waals surface area contributed by atoms with E-state index in [1.165, 1.54) is 5.56 Å². The summed E-state index contributed by atoms with van der Waals surface area (Å²) in [5.74, 6) is 0. The number of benzene rings is 2. The molecule has 0 unspecified atom stereocenters. The fourth-order valence-electron chi connectivity index (χ4n) is 1.90. The number of thioether (sulfide) groups is 1. The van der Waals surface area contributed by atoms with Gasteiger partial charge in [0.1, 0.15) is 0 Å². The van der Waals surface area contributed by atoms with E-state index >= 15 is 0 Å². The summed E-state index contributed by atoms with van der Waals surface area (Å²) in [4.78, 5) is 7.47. The number of nitrogens with zero attached hydrogens (tertiary/aromatic N) is 4. The summed E-state index contributed by atoms with van der Waals surface area (Å²) in [6.07, 6.45) is 1.98. The van der Waals surface area contributed by atoms with E-state index in [0.29, 0.717) is 5.69 Å². The van der Waals surface area contributed by atoms with E-state index in [0.717, 1.165) is 10.9 Å². The summed E-state index contributed by atoms with van der Waals surface area (Å²) in [5, 5.41) is 7.67. The SMILES string of the molecule is CSC(=N[C@@H](C)c1ccccc1)Nc1ccc(N=[N+]=[N-])cc1. The Balaban J connectivity index is 2.11. The number of amidine groups is 1. The Morgan fingerprint density at radius 2 is 1.82 bits per heavy atom. The number of aliphatic imine (C=N–C) groups is 1. The van der Waals surface area contributed by atoms with Gasteiger partial charge in [-0.15, -0.1) is 0 Å². The summed E-state index contributed by atoms with van der Waals surface area (Å²) in [6.45, 7) is 2.07. The van der Waals surface area contributed by atoms with Gasteiger partial charge in [-0.05, 0) is 36.4 Å². The van der Waals surface area contributed by atoms with Crippen LogP contribution in [-0.4, -0.2) is 11.4 Å². The smallest absolute Gasteiger partial charge is 0.161 e. The van der Waals surface area contributed by atoms with Crippen molar-refractivity contribution in [3.8, 4) is 0 Å². The van der Waals surface area contributed by atoms with Crippen molar-refractivity contribution in [2.24, 2.45) is 10.1 Å². The Hall–Kier alpha value is -2.43. The van der Waals surface area contributed by atoms with E-state index in [4.69, 9.17) is 10.5 Å². The Bertz CT molecular complexity index is 675. The lowest BCUT2D eigenvalue weighted by molar-refractivity contribution is 0.823. The predicted molar refractivity (Wildman–Crippen MR) is 94.7 cm³/mol. The third-order valence-electron chi connectivity index (χ3n) is 3.06. The van der Waals surface area contributed by atoms with Gasteiger partial charge in [0.2, 0.25) is 0 Å². The first kappa shape index (κ1) is 15.9. The maximum absolute atomic E-state index is 8.40. The van der Waals surface area contributed by atoms with Crippen LogP contribution in [0.25, 0.3) is 10.4 Å². The number of rotatable bonds is 4. The molecule has 0 saturated carbocycles. The van der Waals surface area contributed by atoms with E-state index in [1.54, 1.807) is 23.9 Å². The summed E-state index contributed by atoms with van der Waals surface area (Å²) in [5.41, 5.74) is 11.1. The molecule has 22 heavy (non-hydrogen) atoms. The highest BCUT2D eigenvalue weighted by atomic mass is 32.2. The number of hydrogen-bond donors (Lipinski definition) is 1. The zero-order valence-corrected chi connectivity index (χ0v) is 13.3. The van der Waals surface area contributed by atoms with E-state index in [2.05, 4.69) is 34.4 Å². The van der Waals surface area contributed by atoms with Gasteiger partial charge in [0.15, 0.2) is 5.17 Å². The fourth-order valence-corrected chi connectivity index (χ4v) is 2.39. The van der Waals surface area contributed by atoms with Gasteiger partial charge >= 0.3 is 0 Å². The van der Waals surface area contributed by atoms with Crippen LogP contribution in [0.1, 0.15) is 18.5 Å². The monoisotopic (exact) mass is 311 g/mol. The molecule has 0 aliphatic carbocycles. The van der Waals surface area contributed by atoms with E-state index in [9.17, 15) is 0 Å². The first-order valence-corrected chi connectivity index (χ1v) is 8.04. The topological polar surface area (TPSA) is 73.2 Å². The van der Waals surface area contributed by atoms with Gasteiger partial charge in [-0.3, -0.25) is 4.99 Å². The lowest BCUT2D eigenvalue weighted by Gasteiger charge is -2.12. The predicted octanol–water partition coefficient (Wildman–Crippen LogP) is 5.52. The van der Waals surface area contributed by atoms with Crippen LogP contribution >= 0.6 is 11.8 Å². The molecule has 0 spiro atoms. The average Bonchev–Trinajstić information content (AvgIpc) is 2.57. The minimum absolute atomic E-state index is 0.0820. The first-order valence-electron chi connectivity index (χ1n) is 6.82. The molecule has 2 rings (SSSR count). The zero-order chi connectivity index (χ0) is 15.8. The van der Waals surface area contributed by atoms with Crippen LogP contribution in [0.3, 0.4) is 0 Å². The van der Waals surface area contributed by atoms with Crippen LogP contribution in [0.15, 0.2) is 64.7 Å². The van der Waals surface area contributed by atoms with Crippen molar-refractivity contribution < 1.29 is 0 Å². The zero-order valence-electron chi connectivity index (χ0n) is 12.5. The number of anilines is 1. The van der Waals surface area contributed by atoms with Crippen molar-refractivity contribution in [3.05, 3.63) is 70.6 Å². The molecule has 0 fully saturated rings. The second-order valence-corrected chi connectivity index (χ2v) is 5.38. The minimum Gasteiger partial charge on any atom is -0.335 e. The molecule has 5 nitrogen and oxygen atoms in total. The van der Waals surface area contributed by atoms with E-state index in [1.807, 2.05) is 36.6 Å². The van der Waals surface area contributed by atoms with Gasteiger partial charge in [0, 0.05) is 16.3 Å². The van der Waals surface area contributed by atoms with Gasteiger partial charge < -0.3 is 5.32 Å². The number of hydrogen-bond acceptors (Lipinski definition) is 3. The molecule has 6 heteroatoms. The van der Waals surface area contributed by atoms with Crippen molar-refractivity contribution in [2.45, 2.75) is 13.0 Å². The molecule has 0 aromatic heterocycles. The van der Waals surface area contributed by atoms with Crippen molar-refractivity contribution in [2.75, 3.05) is 11.6 Å². The van der Waals surface area contributed by atoms with Crippen molar-refractivity contribution in [1.82, 2.24) is 0 Å². The molecule has 0 bridgehead atoms. The fraction of sp³-hybridized carbons (Fsp3) is 0.188. The van der Waals surface area contributed by atoms with Crippen LogP contribution in [0.2, 0.25) is 0 Å². The second-order valence-electron chi connectivity index (χ2n) is 4.59. The van der Waals surface area contributed by atoms with E-state index in [-0.39, 0.29) is 6.04 Å². The third kappa shape index (κ3) is 4.55. The summed E-state index contributed by atoms with van der Waals surface area (Å²) < 4.78 is 0. The quantitative estimate of drug-likeness (QED) is 0.265. The molecule has 1 N–H and O–H groups in total. The summed E-state index contributed by atoms with van der Waals surface area (Å²) in [6, 6.07) is 17.5. The minimum atomic E-state index is 0.0820. The Kier molecular flexibility index (Phi) is 5.89. The molecule has 2 aromatic carbocycles. The molecule has 112 valence electrons. The molecule has 0 aliphatic heterocycles. The van der Waals surface area contributed by atoms with Crippen molar-refractivity contribution in [1.29, 1.82) is 0 Å². The lowest BCUT2D eigenvalue weighted by Crippen LogP contribution is -2.08. The third-order valence-corrected chi connectivity index (χ3v) is 3.66. The number of azide groups is 1. The Morgan fingerprint density at radius 3 is 2.41 bits per heavy atom. The summed E-state index contributed by atoms with van der Waals surface area (Å²) >= 11 is 1.56. The second kappa shape index (κ2) is 8.12. The van der Waals surface area contributed by atoms with Gasteiger partial charge in [0.25, 0.3) is 0 Å². The first-order chi connectivity index (χ1) is 10.7. The molecule has 0 radical (unpaired) electrons. The highest BCUT2D eigenvalue weighted by Crippen LogP contribution is 2.21. The number of nitrogens with one attached hydrogen (secondary N) is 1. The van der Waals surface area contributed by atoms with Gasteiger partial charge in [0.05, 0.1) is 6.04 Å². The highest BCUT2D eigenvalue weighted by Gasteiger charge is 2.05. The Labute approximate surface area is 134 Å². The Morgan fingerprint density at radius 1 is 1.14 bits per heavy atom. The molecule has 0 heterocycles. The average molecular weight is 311 g/mol. The molecular formula is C16H17N5S. The lowest BCUT2D eigenvalue weighted by atomic mass is 10.1. The largest absolute Gasteiger partial charge is 0.335 e. The highest BCUT2D eigenvalue weighted by molar-refractivity contribution is 8.13. The molecule has 2 aromatic rings. The molecular weight excluding hydrogens is 294 g/mol. The van der Waals surface area contributed by atoms with Gasteiger partial charge in [-0.25, -0.2) is 0 Å². The normalized spacial score (nSPS) is 12.4. The molecule has 1 atom stereocenters. The van der Waals surface area contributed by atoms with Crippen LogP contribution in [-0.2, 0) is 0 Å². The van der Waals surface area contributed by atoms with Crippen LogP contribution in [0, 0.1) is 0 Å². The molecule has 0 saturated heterocycles. The van der Waals surface area contributed by atoms with Gasteiger partial charge in [-0.2, -0.15) is 0 Å². The van der Waals surface area contributed by atoms with E-state index < -0.39 is 0 Å². The van der Waals surface area contributed by atoms with Crippen LogP contribution in [0.5, 0.6) is 0 Å². The van der Waals surface area contributed by atoms with Gasteiger partial charge in [-0.1, -0.05) is 59.3 Å². The molecule has 0 aliphatic rings.